The summed E-state index contributed by atoms with van der Waals surface area (Å²) in [7, 11) is 1.61. The first-order chi connectivity index (χ1) is 7.33. The molecule has 1 aliphatic rings. The summed E-state index contributed by atoms with van der Waals surface area (Å²) in [4.78, 5) is 13.1. The molecule has 1 rings (SSSR count). The number of likely N-dealkylation sites (tertiary alicyclic amines) is 1. The van der Waals surface area contributed by atoms with Crippen molar-refractivity contribution in [1.29, 1.82) is 0 Å². The zero-order chi connectivity index (χ0) is 12.3. The number of carbonyl (C=O) groups is 1. The SMILES string of the molecule is COC1CCN(C(=O)OC(C)(C)C)C(O)C1. The number of hydrogen-bond acceptors (Lipinski definition) is 4. The highest BCUT2D eigenvalue weighted by Crippen LogP contribution is 2.20. The number of ether oxygens (including phenoxy) is 2. The van der Waals surface area contributed by atoms with Crippen LogP contribution in [0.25, 0.3) is 0 Å². The molecule has 1 saturated heterocycles. The lowest BCUT2D eigenvalue weighted by molar-refractivity contribution is -0.0811. The quantitative estimate of drug-likeness (QED) is 0.740. The Labute approximate surface area is 96.3 Å². The molecule has 1 N–H and O–H groups in total. The average molecular weight is 231 g/mol. The molecule has 1 fully saturated rings. The van der Waals surface area contributed by atoms with E-state index in [9.17, 15) is 9.90 Å². The molecule has 0 radical (unpaired) electrons. The molecule has 0 aromatic heterocycles. The molecule has 1 aliphatic heterocycles. The van der Waals surface area contributed by atoms with E-state index >= 15 is 0 Å². The number of piperidine rings is 1. The first-order valence-corrected chi connectivity index (χ1v) is 5.54. The van der Waals surface area contributed by atoms with Gasteiger partial charge in [-0.15, -0.1) is 0 Å². The Hall–Kier alpha value is -0.810. The normalized spacial score (nSPS) is 26.7. The van der Waals surface area contributed by atoms with Gasteiger partial charge < -0.3 is 14.6 Å². The van der Waals surface area contributed by atoms with E-state index in [4.69, 9.17) is 9.47 Å². The van der Waals surface area contributed by atoms with Gasteiger partial charge in [0.25, 0.3) is 0 Å². The summed E-state index contributed by atoms with van der Waals surface area (Å²) in [5.74, 6) is 0. The summed E-state index contributed by atoms with van der Waals surface area (Å²) < 4.78 is 10.4. The van der Waals surface area contributed by atoms with Gasteiger partial charge in [0, 0.05) is 20.1 Å². The van der Waals surface area contributed by atoms with Gasteiger partial charge in [-0.1, -0.05) is 0 Å². The summed E-state index contributed by atoms with van der Waals surface area (Å²) in [6.45, 7) is 5.88. The maximum absolute atomic E-state index is 11.7. The van der Waals surface area contributed by atoms with Crippen LogP contribution in [0, 0.1) is 0 Å². The highest BCUT2D eigenvalue weighted by Gasteiger charge is 2.32. The van der Waals surface area contributed by atoms with E-state index < -0.39 is 17.9 Å². The minimum atomic E-state index is -0.812. The van der Waals surface area contributed by atoms with Gasteiger partial charge >= 0.3 is 6.09 Å². The van der Waals surface area contributed by atoms with Crippen molar-refractivity contribution in [2.24, 2.45) is 0 Å². The fourth-order valence-electron chi connectivity index (χ4n) is 1.66. The molecule has 1 amide bonds. The molecule has 0 aromatic carbocycles. The highest BCUT2D eigenvalue weighted by molar-refractivity contribution is 5.68. The Balaban J connectivity index is 2.52. The Bertz CT molecular complexity index is 249. The zero-order valence-electron chi connectivity index (χ0n) is 10.4. The molecule has 0 spiro atoms. The van der Waals surface area contributed by atoms with E-state index in [1.165, 1.54) is 4.90 Å². The van der Waals surface area contributed by atoms with Gasteiger partial charge in [-0.25, -0.2) is 4.79 Å². The number of aliphatic hydroxyl groups excluding tert-OH is 1. The van der Waals surface area contributed by atoms with Crippen molar-refractivity contribution in [1.82, 2.24) is 4.90 Å². The standard InChI is InChI=1S/C11H21NO4/c1-11(2,3)16-10(14)12-6-5-8(15-4)7-9(12)13/h8-9,13H,5-7H2,1-4H3. The van der Waals surface area contributed by atoms with Crippen molar-refractivity contribution in [3.8, 4) is 0 Å². The fourth-order valence-corrected chi connectivity index (χ4v) is 1.66. The monoisotopic (exact) mass is 231 g/mol. The number of aliphatic hydroxyl groups is 1. The van der Waals surface area contributed by atoms with Crippen LogP contribution in [0.1, 0.15) is 33.6 Å². The number of hydrogen-bond donors (Lipinski definition) is 1. The molecule has 5 nitrogen and oxygen atoms in total. The van der Waals surface area contributed by atoms with Crippen molar-refractivity contribution in [3.05, 3.63) is 0 Å². The second-order valence-electron chi connectivity index (χ2n) is 5.04. The van der Waals surface area contributed by atoms with Crippen LogP contribution in [0.3, 0.4) is 0 Å². The van der Waals surface area contributed by atoms with Gasteiger partial charge in [0.15, 0.2) is 0 Å². The molecular weight excluding hydrogens is 210 g/mol. The second kappa shape index (κ2) is 5.01. The summed E-state index contributed by atoms with van der Waals surface area (Å²) in [5, 5.41) is 9.78. The van der Waals surface area contributed by atoms with Gasteiger partial charge in [0.1, 0.15) is 11.8 Å². The third kappa shape index (κ3) is 3.64. The third-order valence-corrected chi connectivity index (χ3v) is 2.49. The van der Waals surface area contributed by atoms with E-state index in [-0.39, 0.29) is 6.10 Å². The van der Waals surface area contributed by atoms with Gasteiger partial charge in [-0.3, -0.25) is 4.90 Å². The van der Waals surface area contributed by atoms with Gasteiger partial charge in [0.05, 0.1) is 6.10 Å². The predicted molar refractivity (Wildman–Crippen MR) is 59.0 cm³/mol. The Morgan fingerprint density at radius 1 is 1.44 bits per heavy atom. The maximum atomic E-state index is 11.7. The Morgan fingerprint density at radius 2 is 2.06 bits per heavy atom. The van der Waals surface area contributed by atoms with Crippen molar-refractivity contribution in [3.63, 3.8) is 0 Å². The first kappa shape index (κ1) is 13.3. The van der Waals surface area contributed by atoms with Gasteiger partial charge in [-0.2, -0.15) is 0 Å². The molecule has 0 bridgehead atoms. The largest absolute Gasteiger partial charge is 0.444 e. The van der Waals surface area contributed by atoms with Crippen LogP contribution in [-0.4, -0.2) is 47.7 Å². The van der Waals surface area contributed by atoms with E-state index in [2.05, 4.69) is 0 Å². The van der Waals surface area contributed by atoms with Crippen LogP contribution in [0.4, 0.5) is 4.79 Å². The van der Waals surface area contributed by atoms with Crippen molar-refractivity contribution < 1.29 is 19.4 Å². The predicted octanol–water partition coefficient (Wildman–Crippen LogP) is 1.35. The van der Waals surface area contributed by atoms with Gasteiger partial charge in [-0.05, 0) is 27.2 Å². The second-order valence-corrected chi connectivity index (χ2v) is 5.04. The third-order valence-electron chi connectivity index (χ3n) is 2.49. The molecular formula is C11H21NO4. The minimum absolute atomic E-state index is 0.0219. The van der Waals surface area contributed by atoms with E-state index in [1.807, 2.05) is 0 Å². The van der Waals surface area contributed by atoms with Crippen LogP contribution in [0.2, 0.25) is 0 Å². The highest BCUT2D eigenvalue weighted by atomic mass is 16.6. The molecule has 94 valence electrons. The lowest BCUT2D eigenvalue weighted by Gasteiger charge is -2.36. The summed E-state index contributed by atoms with van der Waals surface area (Å²) in [5.41, 5.74) is -0.533. The van der Waals surface area contributed by atoms with Crippen LogP contribution in [-0.2, 0) is 9.47 Å². The van der Waals surface area contributed by atoms with E-state index in [0.29, 0.717) is 13.0 Å². The lowest BCUT2D eigenvalue weighted by atomic mass is 10.1. The smallest absolute Gasteiger partial charge is 0.412 e. The van der Waals surface area contributed by atoms with E-state index in [0.717, 1.165) is 6.42 Å². The van der Waals surface area contributed by atoms with Crippen LogP contribution in [0.5, 0.6) is 0 Å². The van der Waals surface area contributed by atoms with Crippen LogP contribution in [0.15, 0.2) is 0 Å². The lowest BCUT2D eigenvalue weighted by Crippen LogP contribution is -2.49. The van der Waals surface area contributed by atoms with Crippen molar-refractivity contribution in [2.75, 3.05) is 13.7 Å². The first-order valence-electron chi connectivity index (χ1n) is 5.54. The van der Waals surface area contributed by atoms with Crippen LogP contribution >= 0.6 is 0 Å². The topological polar surface area (TPSA) is 59.0 Å². The van der Waals surface area contributed by atoms with E-state index in [1.54, 1.807) is 27.9 Å². The van der Waals surface area contributed by atoms with Gasteiger partial charge in [0.2, 0.25) is 0 Å². The number of methoxy groups -OCH3 is 1. The molecule has 16 heavy (non-hydrogen) atoms. The Morgan fingerprint density at radius 3 is 2.50 bits per heavy atom. The zero-order valence-corrected chi connectivity index (χ0v) is 10.4. The van der Waals surface area contributed by atoms with Crippen LogP contribution < -0.4 is 0 Å². The summed E-state index contributed by atoms with van der Waals surface area (Å²) in [6.07, 6.45) is -0.0838. The molecule has 0 aliphatic carbocycles. The molecule has 2 unspecified atom stereocenters. The molecule has 2 atom stereocenters. The minimum Gasteiger partial charge on any atom is -0.444 e. The number of carbonyl (C=O) groups excluding carboxylic acids is 1. The number of rotatable bonds is 1. The van der Waals surface area contributed by atoms with Crippen molar-refractivity contribution in [2.45, 2.75) is 51.5 Å². The molecule has 0 saturated carbocycles. The average Bonchev–Trinajstić information content (AvgIpc) is 2.14. The Kier molecular flexibility index (Phi) is 4.15. The molecule has 1 heterocycles. The van der Waals surface area contributed by atoms with Crippen molar-refractivity contribution >= 4 is 6.09 Å². The fraction of sp³-hybridized carbons (Fsp3) is 0.909. The molecule has 5 heteroatoms. The number of amides is 1. The maximum Gasteiger partial charge on any atom is 0.412 e. The molecule has 0 aromatic rings. The summed E-state index contributed by atoms with van der Waals surface area (Å²) >= 11 is 0. The number of nitrogens with zero attached hydrogens (tertiary/aromatic N) is 1. The summed E-state index contributed by atoms with van der Waals surface area (Å²) in [6, 6.07) is 0.